The monoisotopic (exact) mass is 502 g/mol. The predicted octanol–water partition coefficient (Wildman–Crippen LogP) is 3.35. The van der Waals surface area contributed by atoms with Gasteiger partial charge in [0.05, 0.1) is 35.4 Å². The Labute approximate surface area is 212 Å². The van der Waals surface area contributed by atoms with Gasteiger partial charge in [0.1, 0.15) is 18.2 Å². The number of cyclic esters (lactones) is 1. The third kappa shape index (κ3) is 4.24. The molecular weight excluding hydrogens is 476 g/mol. The predicted molar refractivity (Wildman–Crippen MR) is 133 cm³/mol. The molecule has 0 bridgehead atoms. The van der Waals surface area contributed by atoms with Crippen molar-refractivity contribution in [2.45, 2.75) is 64.7 Å². The van der Waals surface area contributed by atoms with Crippen molar-refractivity contribution in [2.24, 2.45) is 0 Å². The van der Waals surface area contributed by atoms with Gasteiger partial charge in [0.2, 0.25) is 5.60 Å². The second-order valence-corrected chi connectivity index (χ2v) is 9.47. The first-order valence-electron chi connectivity index (χ1n) is 12.3. The minimum Gasteiger partial charge on any atom is -0.457 e. The number of carbonyl (C=O) groups is 4. The Bertz CT molecular complexity index is 1540. The number of pyridine rings is 2. The minimum absolute atomic E-state index is 0.0454. The molecule has 190 valence electrons. The lowest BCUT2D eigenvalue weighted by Gasteiger charge is -2.35. The lowest BCUT2D eigenvalue weighted by atomic mass is 9.85. The average molecular weight is 503 g/mol. The first-order valence-corrected chi connectivity index (χ1v) is 12.3. The highest BCUT2D eigenvalue weighted by molar-refractivity contribution is 5.90. The highest BCUT2D eigenvalue weighted by Gasteiger charge is 2.50. The van der Waals surface area contributed by atoms with E-state index in [4.69, 9.17) is 14.5 Å². The largest absolute Gasteiger partial charge is 0.457 e. The molecule has 0 unspecified atom stereocenters. The van der Waals surface area contributed by atoms with E-state index in [2.05, 4.69) is 0 Å². The number of benzene rings is 1. The second-order valence-electron chi connectivity index (χ2n) is 9.47. The first kappa shape index (κ1) is 24.5. The molecule has 2 aromatic heterocycles. The summed E-state index contributed by atoms with van der Waals surface area (Å²) >= 11 is 0. The molecule has 9 nitrogen and oxygen atoms in total. The fraction of sp³-hybridized carbons (Fsp3) is 0.357. The van der Waals surface area contributed by atoms with Crippen LogP contribution in [0.2, 0.25) is 0 Å². The summed E-state index contributed by atoms with van der Waals surface area (Å²) < 4.78 is 12.7. The summed E-state index contributed by atoms with van der Waals surface area (Å²) in [5, 5.41) is 0.958. The van der Waals surface area contributed by atoms with Crippen molar-refractivity contribution in [3.05, 3.63) is 63.4 Å². The normalized spacial score (nSPS) is 17.5. The molecule has 0 saturated carbocycles. The van der Waals surface area contributed by atoms with Gasteiger partial charge in [-0.1, -0.05) is 25.1 Å². The number of esters is 2. The number of ketones is 2. The number of rotatable bonds is 8. The lowest BCUT2D eigenvalue weighted by molar-refractivity contribution is -0.189. The summed E-state index contributed by atoms with van der Waals surface area (Å²) in [5.41, 5.74) is 1.28. The summed E-state index contributed by atoms with van der Waals surface area (Å²) in [7, 11) is 0. The molecule has 0 amide bonds. The molecule has 0 saturated heterocycles. The van der Waals surface area contributed by atoms with E-state index in [1.165, 1.54) is 6.92 Å². The molecule has 0 aliphatic carbocycles. The average Bonchev–Trinajstić information content (AvgIpc) is 3.24. The van der Waals surface area contributed by atoms with Gasteiger partial charge in [0.15, 0.2) is 0 Å². The molecule has 0 fully saturated rings. The Morgan fingerprint density at radius 1 is 1.08 bits per heavy atom. The fourth-order valence-corrected chi connectivity index (χ4v) is 5.01. The van der Waals surface area contributed by atoms with Crippen LogP contribution in [0.4, 0.5) is 0 Å². The number of Topliss-reactive ketones (excluding diaryl/α,β-unsaturated/α-hetero) is 2. The summed E-state index contributed by atoms with van der Waals surface area (Å²) in [4.78, 5) is 67.3. The Morgan fingerprint density at radius 3 is 2.59 bits per heavy atom. The van der Waals surface area contributed by atoms with Crippen molar-refractivity contribution in [1.29, 1.82) is 0 Å². The van der Waals surface area contributed by atoms with Crippen LogP contribution in [0.1, 0.15) is 62.6 Å². The minimum atomic E-state index is -1.80. The molecule has 2 aliphatic heterocycles. The summed E-state index contributed by atoms with van der Waals surface area (Å²) in [6.45, 7) is 3.19. The zero-order valence-electron chi connectivity index (χ0n) is 20.7. The number of carbonyl (C=O) groups excluding carboxylic acids is 4. The maximum Gasteiger partial charge on any atom is 0.355 e. The van der Waals surface area contributed by atoms with Crippen LogP contribution >= 0.6 is 0 Å². The van der Waals surface area contributed by atoms with Crippen LogP contribution in [0.25, 0.3) is 22.3 Å². The molecule has 2 aliphatic rings. The molecular formula is C28H26N2O7. The number of aromatic nitrogens is 2. The first-order chi connectivity index (χ1) is 17.7. The van der Waals surface area contributed by atoms with Crippen LogP contribution in [0, 0.1) is 0 Å². The van der Waals surface area contributed by atoms with Gasteiger partial charge in [-0.25, -0.2) is 9.78 Å². The zero-order chi connectivity index (χ0) is 26.3. The topological polar surface area (TPSA) is 122 Å². The molecule has 5 rings (SSSR count). The van der Waals surface area contributed by atoms with Gasteiger partial charge in [-0.15, -0.1) is 0 Å². The zero-order valence-corrected chi connectivity index (χ0v) is 20.7. The van der Waals surface area contributed by atoms with Crippen LogP contribution in [-0.2, 0) is 47.4 Å². The van der Waals surface area contributed by atoms with Crippen molar-refractivity contribution < 1.29 is 28.7 Å². The van der Waals surface area contributed by atoms with Crippen molar-refractivity contribution in [3.8, 4) is 11.4 Å². The van der Waals surface area contributed by atoms with Gasteiger partial charge in [-0.05, 0) is 31.5 Å². The van der Waals surface area contributed by atoms with Gasteiger partial charge in [-0.2, -0.15) is 0 Å². The molecule has 9 heteroatoms. The third-order valence-electron chi connectivity index (χ3n) is 7.04. The maximum absolute atomic E-state index is 13.5. The Kier molecular flexibility index (Phi) is 6.23. The molecule has 0 N–H and O–H groups in total. The van der Waals surface area contributed by atoms with Crippen LogP contribution in [0.3, 0.4) is 0 Å². The number of hydrogen-bond donors (Lipinski definition) is 0. The van der Waals surface area contributed by atoms with Crippen LogP contribution in [0.15, 0.2) is 41.2 Å². The van der Waals surface area contributed by atoms with Crippen molar-refractivity contribution in [1.82, 2.24) is 9.55 Å². The highest BCUT2D eigenvalue weighted by Crippen LogP contribution is 2.41. The van der Waals surface area contributed by atoms with Crippen LogP contribution in [-0.4, -0.2) is 33.1 Å². The van der Waals surface area contributed by atoms with E-state index in [9.17, 15) is 24.0 Å². The van der Waals surface area contributed by atoms with Gasteiger partial charge in [0.25, 0.3) is 5.56 Å². The van der Waals surface area contributed by atoms with E-state index in [-0.39, 0.29) is 61.4 Å². The third-order valence-corrected chi connectivity index (χ3v) is 7.04. The van der Waals surface area contributed by atoms with Crippen molar-refractivity contribution in [3.63, 3.8) is 0 Å². The highest BCUT2D eigenvalue weighted by atomic mass is 16.6. The molecule has 1 atom stereocenters. The smallest absolute Gasteiger partial charge is 0.355 e. The van der Waals surface area contributed by atoms with Gasteiger partial charge in [-0.3, -0.25) is 14.4 Å². The summed E-state index contributed by atoms with van der Waals surface area (Å²) in [6, 6.07) is 11.4. The molecule has 1 aromatic carbocycles. The SMILES string of the molecule is CC[C@]1(OC(=O)CCC(=O)CCC(C)=O)C(=O)OCc2c1cc1n(c2=O)Cc2cc3ccccc3nc2-1. The molecule has 3 aromatic rings. The van der Waals surface area contributed by atoms with E-state index in [0.717, 1.165) is 16.5 Å². The molecule has 37 heavy (non-hydrogen) atoms. The van der Waals surface area contributed by atoms with E-state index >= 15 is 0 Å². The van der Waals surface area contributed by atoms with Crippen LogP contribution < -0.4 is 5.56 Å². The second kappa shape index (κ2) is 9.38. The fourth-order valence-electron chi connectivity index (χ4n) is 5.01. The number of para-hydroxylation sites is 1. The maximum atomic E-state index is 13.5. The van der Waals surface area contributed by atoms with E-state index < -0.39 is 17.5 Å². The molecule has 0 radical (unpaired) electrons. The van der Waals surface area contributed by atoms with E-state index in [1.54, 1.807) is 17.6 Å². The van der Waals surface area contributed by atoms with Crippen LogP contribution in [0.5, 0.6) is 0 Å². The lowest BCUT2D eigenvalue weighted by Crippen LogP contribution is -2.47. The Hall–Kier alpha value is -4.14. The molecule has 0 spiro atoms. The van der Waals surface area contributed by atoms with E-state index in [1.807, 2.05) is 30.3 Å². The summed E-state index contributed by atoms with van der Waals surface area (Å²) in [5.74, 6) is -1.86. The van der Waals surface area contributed by atoms with Gasteiger partial charge >= 0.3 is 11.9 Å². The standard InChI is InChI=1S/C28H26N2O7/c1-3-28(37-24(33)11-10-19(32)9-8-16(2)31)21-13-23-25-18(12-17-6-4-5-7-22(17)29-25)14-30(23)26(34)20(21)15-36-27(28)35/h4-7,12-13H,3,8-11,14-15H2,1-2H3/t28-/m1/s1. The van der Waals surface area contributed by atoms with Gasteiger partial charge in [0, 0.05) is 35.8 Å². The quantitative estimate of drug-likeness (QED) is 0.336. The van der Waals surface area contributed by atoms with E-state index in [0.29, 0.717) is 23.5 Å². The number of fused-ring (bicyclic) bond motifs is 5. The number of ether oxygens (including phenoxy) is 2. The molecule has 4 heterocycles. The number of nitrogens with zero attached hydrogens (tertiary/aromatic N) is 2. The number of hydrogen-bond acceptors (Lipinski definition) is 8. The Morgan fingerprint density at radius 2 is 1.84 bits per heavy atom. The van der Waals surface area contributed by atoms with Crippen molar-refractivity contribution >= 4 is 34.4 Å². The Balaban J connectivity index is 1.51. The van der Waals surface area contributed by atoms with Crippen molar-refractivity contribution in [2.75, 3.05) is 0 Å². The van der Waals surface area contributed by atoms with Gasteiger partial charge < -0.3 is 18.8 Å². The summed E-state index contributed by atoms with van der Waals surface area (Å²) in [6.07, 6.45) is -0.140.